The normalized spacial score (nSPS) is 13.3. The summed E-state index contributed by atoms with van der Waals surface area (Å²) in [6.07, 6.45) is 5.62. The van der Waals surface area contributed by atoms with Crippen molar-refractivity contribution in [1.82, 2.24) is 20.1 Å². The minimum Gasteiger partial charge on any atom is -0.356 e. The molecule has 2 aromatic rings. The minimum absolute atomic E-state index is 0.431. The molecule has 5 nitrogen and oxygen atoms in total. The van der Waals surface area contributed by atoms with Crippen LogP contribution < -0.4 is 10.6 Å². The highest BCUT2D eigenvalue weighted by molar-refractivity contribution is 5.80. The summed E-state index contributed by atoms with van der Waals surface area (Å²) in [5.41, 5.74) is 1.31. The SMILES string of the molecule is CCN(CC)CCCC(C)NC(=NC)NCCCn1ccc2ccccc21. The number of rotatable bonds is 11. The van der Waals surface area contributed by atoms with Gasteiger partial charge in [-0.15, -0.1) is 0 Å². The lowest BCUT2D eigenvalue weighted by atomic mass is 10.2. The van der Waals surface area contributed by atoms with Gasteiger partial charge < -0.3 is 20.1 Å². The molecule has 0 bridgehead atoms. The molecule has 0 amide bonds. The predicted molar refractivity (Wildman–Crippen MR) is 118 cm³/mol. The Labute approximate surface area is 164 Å². The molecule has 0 fully saturated rings. The first-order valence-corrected chi connectivity index (χ1v) is 10.4. The van der Waals surface area contributed by atoms with Crippen molar-refractivity contribution >= 4 is 16.9 Å². The predicted octanol–water partition coefficient (Wildman–Crippen LogP) is 3.71. The maximum Gasteiger partial charge on any atom is 0.191 e. The van der Waals surface area contributed by atoms with Gasteiger partial charge in [-0.05, 0) is 63.3 Å². The Morgan fingerprint density at radius 1 is 1.15 bits per heavy atom. The molecule has 5 heteroatoms. The summed E-state index contributed by atoms with van der Waals surface area (Å²) in [5.74, 6) is 0.905. The van der Waals surface area contributed by atoms with Crippen molar-refractivity contribution < 1.29 is 0 Å². The van der Waals surface area contributed by atoms with E-state index in [9.17, 15) is 0 Å². The molecule has 0 saturated heterocycles. The quantitative estimate of drug-likeness (QED) is 0.360. The van der Waals surface area contributed by atoms with Gasteiger partial charge in [0.15, 0.2) is 5.96 Å². The van der Waals surface area contributed by atoms with E-state index in [2.05, 4.69) is 82.4 Å². The third kappa shape index (κ3) is 6.90. The maximum absolute atomic E-state index is 4.37. The number of hydrogen-bond donors (Lipinski definition) is 2. The number of aryl methyl sites for hydroxylation is 1. The average molecular weight is 372 g/mol. The molecule has 0 spiro atoms. The highest BCUT2D eigenvalue weighted by Gasteiger charge is 2.06. The van der Waals surface area contributed by atoms with E-state index in [1.165, 1.54) is 23.9 Å². The zero-order valence-electron chi connectivity index (χ0n) is 17.5. The van der Waals surface area contributed by atoms with E-state index in [1.54, 1.807) is 0 Å². The number of para-hydroxylation sites is 1. The second-order valence-corrected chi connectivity index (χ2v) is 7.13. The van der Waals surface area contributed by atoms with E-state index in [0.29, 0.717) is 6.04 Å². The van der Waals surface area contributed by atoms with E-state index in [4.69, 9.17) is 0 Å². The van der Waals surface area contributed by atoms with Crippen molar-refractivity contribution in [3.8, 4) is 0 Å². The summed E-state index contributed by atoms with van der Waals surface area (Å²) in [5, 5.41) is 8.27. The second kappa shape index (κ2) is 11.7. The fourth-order valence-electron chi connectivity index (χ4n) is 3.45. The van der Waals surface area contributed by atoms with E-state index in [1.807, 2.05) is 7.05 Å². The Morgan fingerprint density at radius 2 is 1.93 bits per heavy atom. The number of guanidine groups is 1. The molecule has 0 saturated carbocycles. The van der Waals surface area contributed by atoms with Crippen LogP contribution in [-0.2, 0) is 6.54 Å². The molecule has 2 rings (SSSR count). The third-order valence-electron chi connectivity index (χ3n) is 5.16. The van der Waals surface area contributed by atoms with Gasteiger partial charge in [-0.1, -0.05) is 32.0 Å². The van der Waals surface area contributed by atoms with Crippen molar-refractivity contribution in [2.24, 2.45) is 4.99 Å². The van der Waals surface area contributed by atoms with Gasteiger partial charge in [-0.2, -0.15) is 0 Å². The number of benzene rings is 1. The zero-order chi connectivity index (χ0) is 19.5. The van der Waals surface area contributed by atoms with Crippen molar-refractivity contribution in [1.29, 1.82) is 0 Å². The lowest BCUT2D eigenvalue weighted by molar-refractivity contribution is 0.292. The van der Waals surface area contributed by atoms with Gasteiger partial charge in [0.1, 0.15) is 0 Å². The van der Waals surface area contributed by atoms with Gasteiger partial charge in [0.05, 0.1) is 0 Å². The Balaban J connectivity index is 1.66. The summed E-state index contributed by atoms with van der Waals surface area (Å²) >= 11 is 0. The molecule has 0 aliphatic rings. The molecule has 2 N–H and O–H groups in total. The van der Waals surface area contributed by atoms with Gasteiger partial charge in [-0.3, -0.25) is 4.99 Å². The van der Waals surface area contributed by atoms with E-state index < -0.39 is 0 Å². The van der Waals surface area contributed by atoms with Crippen molar-refractivity contribution in [2.45, 2.75) is 52.6 Å². The Hall–Kier alpha value is -2.01. The molecule has 0 aliphatic carbocycles. The van der Waals surface area contributed by atoms with Gasteiger partial charge in [0, 0.05) is 37.9 Å². The number of fused-ring (bicyclic) bond motifs is 1. The molecule has 150 valence electrons. The number of nitrogens with zero attached hydrogens (tertiary/aromatic N) is 3. The van der Waals surface area contributed by atoms with Crippen molar-refractivity contribution in [3.63, 3.8) is 0 Å². The average Bonchev–Trinajstić information content (AvgIpc) is 3.10. The number of aliphatic imine (C=N–C) groups is 1. The molecule has 1 heterocycles. The number of hydrogen-bond acceptors (Lipinski definition) is 2. The third-order valence-corrected chi connectivity index (χ3v) is 5.16. The highest BCUT2D eigenvalue weighted by Crippen LogP contribution is 2.15. The molecule has 0 radical (unpaired) electrons. The van der Waals surface area contributed by atoms with E-state index in [0.717, 1.165) is 45.0 Å². The van der Waals surface area contributed by atoms with Gasteiger partial charge >= 0.3 is 0 Å². The van der Waals surface area contributed by atoms with E-state index in [-0.39, 0.29) is 0 Å². The minimum atomic E-state index is 0.431. The zero-order valence-corrected chi connectivity index (χ0v) is 17.5. The first-order valence-electron chi connectivity index (χ1n) is 10.4. The smallest absolute Gasteiger partial charge is 0.191 e. The van der Waals surface area contributed by atoms with Gasteiger partial charge in [0.2, 0.25) is 0 Å². The summed E-state index contributed by atoms with van der Waals surface area (Å²) in [6, 6.07) is 11.2. The summed E-state index contributed by atoms with van der Waals surface area (Å²) in [7, 11) is 1.84. The summed E-state index contributed by atoms with van der Waals surface area (Å²) < 4.78 is 2.32. The molecule has 1 aromatic carbocycles. The number of aromatic nitrogens is 1. The summed E-state index contributed by atoms with van der Waals surface area (Å²) in [6.45, 7) is 12.1. The molecule has 27 heavy (non-hydrogen) atoms. The molecule has 1 atom stereocenters. The lowest BCUT2D eigenvalue weighted by Gasteiger charge is -2.21. The van der Waals surface area contributed by atoms with Crippen LogP contribution in [0.4, 0.5) is 0 Å². The van der Waals surface area contributed by atoms with Crippen LogP contribution in [0.15, 0.2) is 41.5 Å². The van der Waals surface area contributed by atoms with Gasteiger partial charge in [-0.25, -0.2) is 0 Å². The fraction of sp³-hybridized carbons (Fsp3) is 0.591. The standard InChI is InChI=1S/C22H37N5/c1-5-26(6-2)16-9-11-19(3)25-22(23-4)24-15-10-17-27-18-14-20-12-7-8-13-21(20)27/h7-8,12-14,18-19H,5-6,9-11,15-17H2,1-4H3,(H2,23,24,25). The molecule has 1 unspecified atom stereocenters. The van der Waals surface area contributed by atoms with Crippen molar-refractivity contribution in [3.05, 3.63) is 36.5 Å². The monoisotopic (exact) mass is 371 g/mol. The highest BCUT2D eigenvalue weighted by atomic mass is 15.2. The summed E-state index contributed by atoms with van der Waals surface area (Å²) in [4.78, 5) is 6.84. The van der Waals surface area contributed by atoms with Crippen LogP contribution in [0.5, 0.6) is 0 Å². The fourth-order valence-corrected chi connectivity index (χ4v) is 3.45. The topological polar surface area (TPSA) is 44.6 Å². The largest absolute Gasteiger partial charge is 0.356 e. The van der Waals surface area contributed by atoms with Gasteiger partial charge in [0.25, 0.3) is 0 Å². The second-order valence-electron chi connectivity index (χ2n) is 7.13. The molecular formula is C22H37N5. The van der Waals surface area contributed by atoms with Crippen LogP contribution in [0, 0.1) is 0 Å². The Kier molecular flexibility index (Phi) is 9.19. The van der Waals surface area contributed by atoms with Crippen LogP contribution >= 0.6 is 0 Å². The van der Waals surface area contributed by atoms with Crippen LogP contribution in [0.1, 0.15) is 40.0 Å². The first kappa shape index (κ1) is 21.3. The Bertz CT molecular complexity index is 687. The van der Waals surface area contributed by atoms with Crippen LogP contribution in [0.3, 0.4) is 0 Å². The van der Waals surface area contributed by atoms with Crippen LogP contribution in [-0.4, -0.2) is 54.7 Å². The molecule has 0 aliphatic heterocycles. The van der Waals surface area contributed by atoms with Crippen LogP contribution in [0.2, 0.25) is 0 Å². The lowest BCUT2D eigenvalue weighted by Crippen LogP contribution is -2.42. The van der Waals surface area contributed by atoms with E-state index >= 15 is 0 Å². The van der Waals surface area contributed by atoms with Crippen LogP contribution in [0.25, 0.3) is 10.9 Å². The van der Waals surface area contributed by atoms with Crippen molar-refractivity contribution in [2.75, 3.05) is 33.2 Å². The number of nitrogens with one attached hydrogen (secondary N) is 2. The first-order chi connectivity index (χ1) is 13.2. The molecular weight excluding hydrogens is 334 g/mol. The maximum atomic E-state index is 4.37. The molecule has 1 aromatic heterocycles. The Morgan fingerprint density at radius 3 is 2.67 bits per heavy atom.